The average Bonchev–Trinajstić information content (AvgIpc) is 4.18. The maximum Gasteiger partial charge on any atom is 0.188 e. The lowest BCUT2D eigenvalue weighted by atomic mass is 10.0. The van der Waals surface area contributed by atoms with Crippen molar-refractivity contribution in [3.05, 3.63) is 241 Å². The zero-order valence-corrected chi connectivity index (χ0v) is 41.8. The van der Waals surface area contributed by atoms with E-state index >= 15 is 0 Å². The number of thiazole rings is 2. The van der Waals surface area contributed by atoms with Gasteiger partial charge in [0.2, 0.25) is 0 Å². The number of benzene rings is 10. The highest BCUT2D eigenvalue weighted by Crippen LogP contribution is 2.51. The minimum atomic E-state index is -3.67. The maximum atomic E-state index is 5.56. The predicted molar refractivity (Wildman–Crippen MR) is 312 cm³/mol. The lowest BCUT2D eigenvalue weighted by Crippen LogP contribution is -2.72. The molecule has 0 saturated carbocycles. The molecular weight excluding hydrogens is 941 g/mol. The molecule has 0 fully saturated rings. The highest BCUT2D eigenvalue weighted by atomic mass is 32.1. The molecule has 4 aliphatic heterocycles. The first-order valence-corrected chi connectivity index (χ1v) is 28.4. The van der Waals surface area contributed by atoms with E-state index in [1.807, 2.05) is 0 Å². The van der Waals surface area contributed by atoms with E-state index in [1.54, 1.807) is 22.7 Å². The van der Waals surface area contributed by atoms with Crippen molar-refractivity contribution in [2.75, 3.05) is 9.80 Å². The zero-order valence-electron chi connectivity index (χ0n) is 39.2. The van der Waals surface area contributed by atoms with Crippen molar-refractivity contribution in [1.82, 2.24) is 9.97 Å². The summed E-state index contributed by atoms with van der Waals surface area (Å²) in [7, 11) is -3.67. The molecule has 4 aliphatic rings. The Kier molecular flexibility index (Phi) is 8.77. The van der Waals surface area contributed by atoms with Crippen molar-refractivity contribution in [2.45, 2.75) is 0 Å². The van der Waals surface area contributed by atoms with E-state index in [1.165, 1.54) is 97.2 Å². The zero-order chi connectivity index (χ0) is 47.8. The van der Waals surface area contributed by atoms with Gasteiger partial charge in [-0.1, -0.05) is 182 Å². The Hall–Kier alpha value is -8.72. The topological polar surface area (TPSA) is 32.3 Å². The van der Waals surface area contributed by atoms with Crippen LogP contribution in [-0.4, -0.2) is 18.0 Å². The molecule has 0 atom stereocenters. The van der Waals surface area contributed by atoms with Crippen LogP contribution in [0.5, 0.6) is 0 Å². The number of nitrogens with zero attached hydrogens (tertiary/aromatic N) is 4. The lowest BCUT2D eigenvalue weighted by molar-refractivity contribution is 1.29. The van der Waals surface area contributed by atoms with Gasteiger partial charge < -0.3 is 9.80 Å². The summed E-state index contributed by atoms with van der Waals surface area (Å²) in [6, 6.07) is 81.2. The van der Waals surface area contributed by atoms with Crippen LogP contribution in [0, 0.1) is 0 Å². The molecule has 0 amide bonds. The maximum absolute atomic E-state index is 5.56. The number of rotatable bonds is 4. The molecule has 0 bridgehead atoms. The van der Waals surface area contributed by atoms with Gasteiger partial charge in [0.25, 0.3) is 0 Å². The molecule has 6 heterocycles. The highest BCUT2D eigenvalue weighted by Gasteiger charge is 2.60. The molecule has 2 aromatic heterocycles. The largest absolute Gasteiger partial charge is 0.309 e. The molecule has 4 nitrogen and oxygen atoms in total. The fraction of sp³-hybridized carbons (Fsp3) is 0. The van der Waals surface area contributed by atoms with Gasteiger partial charge in [-0.05, 0) is 126 Å². The van der Waals surface area contributed by atoms with Crippen molar-refractivity contribution in [3.63, 3.8) is 0 Å². The van der Waals surface area contributed by atoms with Gasteiger partial charge in [0.15, 0.2) is 8.07 Å². The summed E-state index contributed by atoms with van der Waals surface area (Å²) in [5.74, 6) is 0. The van der Waals surface area contributed by atoms with Gasteiger partial charge in [-0.25, -0.2) is 9.97 Å². The van der Waals surface area contributed by atoms with Crippen LogP contribution in [0.2, 0.25) is 0 Å². The van der Waals surface area contributed by atoms with Crippen LogP contribution >= 0.6 is 22.7 Å². The van der Waals surface area contributed by atoms with E-state index in [4.69, 9.17) is 9.97 Å². The average molecular weight is 981 g/mol. The highest BCUT2D eigenvalue weighted by molar-refractivity contribution is 7.28. The molecule has 1 spiro atoms. The molecular formula is C66H40N4S2Si. The van der Waals surface area contributed by atoms with Gasteiger partial charge in [-0.2, -0.15) is 0 Å². The molecule has 10 aromatic carbocycles. The Labute approximate surface area is 431 Å². The summed E-state index contributed by atoms with van der Waals surface area (Å²) in [5, 5.41) is 7.58. The van der Waals surface area contributed by atoms with E-state index in [9.17, 15) is 0 Å². The quantitative estimate of drug-likeness (QED) is 0.165. The van der Waals surface area contributed by atoms with Crippen LogP contribution < -0.4 is 30.5 Å². The first-order chi connectivity index (χ1) is 36.2. The number of hydrogen-bond acceptors (Lipinski definition) is 6. The second kappa shape index (κ2) is 15.6. The van der Waals surface area contributed by atoms with Crippen molar-refractivity contribution in [3.8, 4) is 43.4 Å². The van der Waals surface area contributed by atoms with E-state index in [-0.39, 0.29) is 0 Å². The first kappa shape index (κ1) is 40.9. The SMILES string of the molecule is C1=Cc2ccccc2N(c2cccc3c2[Si]2(c4c(-c5nc6ccccc6s5)cccc4-c4cccc(-c5nc6ccccc6s5)c42)c2c-3cccc2N2c3ccccc3C=Cc3ccccc32)c2ccccc21. The van der Waals surface area contributed by atoms with E-state index in [0.717, 1.165) is 43.8 Å². The number of fused-ring (bicyclic) bond motifs is 16. The van der Waals surface area contributed by atoms with Crippen molar-refractivity contribution < 1.29 is 0 Å². The predicted octanol–water partition coefficient (Wildman–Crippen LogP) is 15.5. The summed E-state index contributed by atoms with van der Waals surface area (Å²) in [5.41, 5.74) is 21.1. The minimum absolute atomic E-state index is 1.02. The van der Waals surface area contributed by atoms with Crippen LogP contribution in [-0.2, 0) is 0 Å². The number of hydrogen-bond donors (Lipinski definition) is 0. The van der Waals surface area contributed by atoms with E-state index in [0.29, 0.717) is 0 Å². The smallest absolute Gasteiger partial charge is 0.188 e. The number of para-hydroxylation sites is 6. The minimum Gasteiger partial charge on any atom is -0.309 e. The normalized spacial score (nSPS) is 14.0. The Morgan fingerprint density at radius 2 is 0.575 bits per heavy atom. The van der Waals surface area contributed by atoms with E-state index in [2.05, 4.69) is 252 Å². The fourth-order valence-electron chi connectivity index (χ4n) is 12.6. The molecule has 12 aromatic rings. The van der Waals surface area contributed by atoms with Crippen molar-refractivity contribution in [1.29, 1.82) is 0 Å². The second-order valence-electron chi connectivity index (χ2n) is 19.2. The van der Waals surface area contributed by atoms with Crippen molar-refractivity contribution >= 4 is 130 Å². The standard InChI is InChI=1S/C66H40N4S2Si/c1-7-29-53-41(17-1)37-38-42-18-2-8-30-54(42)69(53)57-33-15-23-47-48-24-16-34-58(70-55-31-9-3-19-43(55)39-40-44-20-4-10-32-56(44)70)64(48)73(63(47)57)61-45(21-13-25-49(61)65-67-51-27-5-11-35-59(51)71-65)46-22-14-26-50(62(46)73)66-68-52-28-6-12-36-60(52)72-66/h1-40H. The lowest BCUT2D eigenvalue weighted by Gasteiger charge is -2.38. The molecule has 0 aliphatic carbocycles. The van der Waals surface area contributed by atoms with Gasteiger partial charge in [0, 0.05) is 22.5 Å². The van der Waals surface area contributed by atoms with E-state index < -0.39 is 8.07 Å². The number of anilines is 6. The van der Waals surface area contributed by atoms with Crippen LogP contribution in [0.25, 0.3) is 88.1 Å². The first-order valence-electron chi connectivity index (χ1n) is 24.8. The molecule has 0 saturated heterocycles. The third-order valence-corrected chi connectivity index (χ3v) is 22.7. The fourth-order valence-corrected chi connectivity index (χ4v) is 21.1. The van der Waals surface area contributed by atoms with Crippen LogP contribution in [0.1, 0.15) is 22.3 Å². The summed E-state index contributed by atoms with van der Waals surface area (Å²) >= 11 is 3.60. The summed E-state index contributed by atoms with van der Waals surface area (Å²) in [4.78, 5) is 16.3. The van der Waals surface area contributed by atoms with Gasteiger partial charge in [-0.3, -0.25) is 0 Å². The van der Waals surface area contributed by atoms with Crippen LogP contribution in [0.15, 0.2) is 218 Å². The van der Waals surface area contributed by atoms with Gasteiger partial charge in [-0.15, -0.1) is 22.7 Å². The Morgan fingerprint density at radius 1 is 0.274 bits per heavy atom. The third kappa shape index (κ3) is 5.75. The Bertz CT molecular complexity index is 3940. The molecule has 0 N–H and O–H groups in total. The Morgan fingerprint density at radius 3 is 0.959 bits per heavy atom. The molecule has 16 rings (SSSR count). The monoisotopic (exact) mass is 980 g/mol. The summed E-state index contributed by atoms with van der Waals surface area (Å²) in [6.07, 6.45) is 9.15. The Balaban J connectivity index is 1.13. The summed E-state index contributed by atoms with van der Waals surface area (Å²) in [6.45, 7) is 0. The molecule has 7 heteroatoms. The molecule has 340 valence electrons. The van der Waals surface area contributed by atoms with Gasteiger partial charge in [0.1, 0.15) is 10.0 Å². The van der Waals surface area contributed by atoms with Crippen LogP contribution in [0.3, 0.4) is 0 Å². The molecule has 73 heavy (non-hydrogen) atoms. The molecule has 0 radical (unpaired) electrons. The second-order valence-corrected chi connectivity index (χ2v) is 24.7. The summed E-state index contributed by atoms with van der Waals surface area (Å²) < 4.78 is 2.36. The van der Waals surface area contributed by atoms with Gasteiger partial charge in [0.05, 0.1) is 43.2 Å². The number of aromatic nitrogens is 2. The van der Waals surface area contributed by atoms with Gasteiger partial charge >= 0.3 is 0 Å². The molecule has 0 unspecified atom stereocenters. The third-order valence-electron chi connectivity index (χ3n) is 15.4. The van der Waals surface area contributed by atoms with Crippen LogP contribution in [0.4, 0.5) is 34.1 Å². The van der Waals surface area contributed by atoms with Crippen molar-refractivity contribution in [2.24, 2.45) is 0 Å².